The van der Waals surface area contributed by atoms with E-state index in [0.717, 1.165) is 4.47 Å². The van der Waals surface area contributed by atoms with Gasteiger partial charge in [0.05, 0.1) is 25.0 Å². The molecule has 4 rings (SSSR count). The third-order valence-corrected chi connectivity index (χ3v) is 6.29. The fraction of sp³-hybridized carbons (Fsp3) is 0.125. The third kappa shape index (κ3) is 8.05. The molecule has 0 fully saturated rings. The molecule has 10 heteroatoms. The first kappa shape index (κ1) is 30.0. The minimum absolute atomic E-state index is 0.279. The Morgan fingerprint density at radius 3 is 2.19 bits per heavy atom. The summed E-state index contributed by atoms with van der Waals surface area (Å²) in [5.41, 5.74) is 4.42. The zero-order valence-corrected chi connectivity index (χ0v) is 24.5. The third-order valence-electron chi connectivity index (χ3n) is 5.76. The number of nitrogens with one attached hydrogen (secondary N) is 2. The van der Waals surface area contributed by atoms with Crippen molar-refractivity contribution in [2.24, 2.45) is 5.10 Å². The lowest BCUT2D eigenvalue weighted by atomic mass is 10.1. The Hall–Kier alpha value is -4.96. The smallest absolute Gasteiger partial charge is 0.343 e. The number of para-hydroxylation sites is 1. The van der Waals surface area contributed by atoms with Gasteiger partial charge < -0.3 is 19.5 Å². The van der Waals surface area contributed by atoms with Gasteiger partial charge in [0, 0.05) is 26.9 Å². The lowest BCUT2D eigenvalue weighted by Crippen LogP contribution is -2.18. The zero-order chi connectivity index (χ0) is 29.9. The van der Waals surface area contributed by atoms with Gasteiger partial charge in [-0.25, -0.2) is 10.2 Å². The van der Waals surface area contributed by atoms with E-state index in [1.165, 1.54) is 12.3 Å². The van der Waals surface area contributed by atoms with Crippen molar-refractivity contribution < 1.29 is 28.6 Å². The minimum Gasteiger partial charge on any atom is -0.490 e. The van der Waals surface area contributed by atoms with Crippen LogP contribution in [0.2, 0.25) is 0 Å². The maximum Gasteiger partial charge on any atom is 0.343 e. The molecule has 0 aliphatic rings. The van der Waals surface area contributed by atoms with Gasteiger partial charge in [-0.15, -0.1) is 0 Å². The topological polar surface area (TPSA) is 115 Å². The standard InChI is InChI=1S/C32H28BrN3O6/c1-3-40-28-17-14-23(19-29(28)41-4-2)30(37)35-26-10-7-9-22(18-26)31(38)36-34-20-24-8-5-6-11-27(24)42-32(39)21-12-15-25(33)16-13-21/h5-20H,3-4H2,1-2H3,(H,35,37)(H,36,38). The van der Waals surface area contributed by atoms with Crippen LogP contribution in [-0.4, -0.2) is 37.2 Å². The van der Waals surface area contributed by atoms with Gasteiger partial charge in [-0.05, 0) is 86.6 Å². The van der Waals surface area contributed by atoms with Crippen LogP contribution < -0.4 is 25.0 Å². The number of carbonyl (C=O) groups is 3. The van der Waals surface area contributed by atoms with Crippen LogP contribution in [0.25, 0.3) is 0 Å². The molecule has 2 N–H and O–H groups in total. The van der Waals surface area contributed by atoms with E-state index in [9.17, 15) is 14.4 Å². The summed E-state index contributed by atoms with van der Waals surface area (Å²) >= 11 is 3.34. The van der Waals surface area contributed by atoms with Gasteiger partial charge in [0.2, 0.25) is 0 Å². The van der Waals surface area contributed by atoms with Crippen molar-refractivity contribution in [1.29, 1.82) is 0 Å². The van der Waals surface area contributed by atoms with E-state index in [4.69, 9.17) is 14.2 Å². The summed E-state index contributed by atoms with van der Waals surface area (Å²) in [6.45, 7) is 4.61. The lowest BCUT2D eigenvalue weighted by Gasteiger charge is -2.12. The highest BCUT2D eigenvalue weighted by molar-refractivity contribution is 9.10. The minimum atomic E-state index is -0.523. The Morgan fingerprint density at radius 2 is 1.43 bits per heavy atom. The van der Waals surface area contributed by atoms with Crippen LogP contribution in [0.4, 0.5) is 5.69 Å². The van der Waals surface area contributed by atoms with Gasteiger partial charge in [-0.3, -0.25) is 9.59 Å². The molecule has 0 bridgehead atoms. The van der Waals surface area contributed by atoms with E-state index < -0.39 is 11.9 Å². The van der Waals surface area contributed by atoms with Crippen LogP contribution in [-0.2, 0) is 0 Å². The number of benzene rings is 4. The summed E-state index contributed by atoms with van der Waals surface area (Å²) in [6, 6.07) is 25.0. The molecule has 4 aromatic rings. The summed E-state index contributed by atoms with van der Waals surface area (Å²) in [6.07, 6.45) is 1.38. The fourth-order valence-corrected chi connectivity index (χ4v) is 4.05. The van der Waals surface area contributed by atoms with Crippen molar-refractivity contribution >= 4 is 45.6 Å². The number of hydrogen-bond acceptors (Lipinski definition) is 7. The second kappa shape index (κ2) is 14.6. The fourth-order valence-electron chi connectivity index (χ4n) is 3.78. The van der Waals surface area contributed by atoms with E-state index in [0.29, 0.717) is 47.1 Å². The van der Waals surface area contributed by atoms with Crippen molar-refractivity contribution in [3.8, 4) is 17.2 Å². The molecule has 2 amide bonds. The largest absolute Gasteiger partial charge is 0.490 e. The first-order chi connectivity index (χ1) is 20.4. The molecule has 0 atom stereocenters. The van der Waals surface area contributed by atoms with E-state index in [1.54, 1.807) is 84.9 Å². The number of hydrazone groups is 1. The van der Waals surface area contributed by atoms with E-state index in [2.05, 4.69) is 31.8 Å². The predicted molar refractivity (Wildman–Crippen MR) is 164 cm³/mol. The Kier molecular flexibility index (Phi) is 10.4. The SMILES string of the molecule is CCOc1ccc(C(=O)Nc2cccc(C(=O)NN=Cc3ccccc3OC(=O)c3ccc(Br)cc3)c2)cc1OCC. The monoisotopic (exact) mass is 629 g/mol. The molecular weight excluding hydrogens is 602 g/mol. The van der Waals surface area contributed by atoms with Crippen molar-refractivity contribution in [2.45, 2.75) is 13.8 Å². The zero-order valence-electron chi connectivity index (χ0n) is 22.9. The summed E-state index contributed by atoms with van der Waals surface area (Å²) in [7, 11) is 0. The number of carbonyl (C=O) groups excluding carboxylic acids is 3. The average molecular weight is 630 g/mol. The predicted octanol–water partition coefficient (Wildman–Crippen LogP) is 6.48. The number of nitrogens with zero attached hydrogens (tertiary/aromatic N) is 1. The number of anilines is 1. The highest BCUT2D eigenvalue weighted by atomic mass is 79.9. The molecule has 0 aromatic heterocycles. The Labute approximate surface area is 251 Å². The molecule has 0 unspecified atom stereocenters. The van der Waals surface area contributed by atoms with Crippen molar-refractivity contribution in [3.05, 3.63) is 118 Å². The first-order valence-corrected chi connectivity index (χ1v) is 13.9. The van der Waals surface area contributed by atoms with Gasteiger partial charge in [-0.1, -0.05) is 34.1 Å². The second-order valence-corrected chi connectivity index (χ2v) is 9.61. The van der Waals surface area contributed by atoms with Crippen molar-refractivity contribution in [2.75, 3.05) is 18.5 Å². The summed E-state index contributed by atoms with van der Waals surface area (Å²) < 4.78 is 17.5. The summed E-state index contributed by atoms with van der Waals surface area (Å²) in [4.78, 5) is 38.2. The van der Waals surface area contributed by atoms with Gasteiger partial charge in [0.1, 0.15) is 5.75 Å². The number of hydrogen-bond donors (Lipinski definition) is 2. The van der Waals surface area contributed by atoms with Gasteiger partial charge in [0.25, 0.3) is 11.8 Å². The summed E-state index contributed by atoms with van der Waals surface area (Å²) in [5.74, 6) is -0.0705. The van der Waals surface area contributed by atoms with Crippen LogP contribution in [0.15, 0.2) is 101 Å². The van der Waals surface area contributed by atoms with Crippen LogP contribution in [0.1, 0.15) is 50.5 Å². The maximum atomic E-state index is 12.9. The Bertz CT molecular complexity index is 1600. The molecule has 214 valence electrons. The Morgan fingerprint density at radius 1 is 0.738 bits per heavy atom. The highest BCUT2D eigenvalue weighted by Gasteiger charge is 2.14. The normalized spacial score (nSPS) is 10.6. The van der Waals surface area contributed by atoms with Crippen LogP contribution in [0.5, 0.6) is 17.2 Å². The van der Waals surface area contributed by atoms with Crippen molar-refractivity contribution in [3.63, 3.8) is 0 Å². The van der Waals surface area contributed by atoms with Crippen molar-refractivity contribution in [1.82, 2.24) is 5.43 Å². The molecule has 0 saturated carbocycles. The maximum absolute atomic E-state index is 12.9. The average Bonchev–Trinajstić information content (AvgIpc) is 2.99. The highest BCUT2D eigenvalue weighted by Crippen LogP contribution is 2.29. The molecule has 9 nitrogen and oxygen atoms in total. The van der Waals surface area contributed by atoms with Crippen LogP contribution >= 0.6 is 15.9 Å². The first-order valence-electron chi connectivity index (χ1n) is 13.1. The molecule has 42 heavy (non-hydrogen) atoms. The second-order valence-electron chi connectivity index (χ2n) is 8.70. The number of amides is 2. The summed E-state index contributed by atoms with van der Waals surface area (Å²) in [5, 5.41) is 6.82. The molecule has 0 saturated heterocycles. The number of rotatable bonds is 11. The van der Waals surface area contributed by atoms with E-state index in [1.807, 2.05) is 13.8 Å². The molecule has 0 radical (unpaired) electrons. The van der Waals surface area contributed by atoms with Gasteiger partial charge >= 0.3 is 5.97 Å². The number of halogens is 1. The molecule has 0 heterocycles. The molecule has 4 aromatic carbocycles. The Balaban J connectivity index is 1.40. The molecule has 0 aliphatic carbocycles. The van der Waals surface area contributed by atoms with E-state index in [-0.39, 0.29) is 17.2 Å². The molecular formula is C32H28BrN3O6. The molecule has 0 aliphatic heterocycles. The van der Waals surface area contributed by atoms with Gasteiger partial charge in [0.15, 0.2) is 11.5 Å². The number of esters is 1. The number of ether oxygens (including phenoxy) is 3. The van der Waals surface area contributed by atoms with Crippen LogP contribution in [0.3, 0.4) is 0 Å². The quantitative estimate of drug-likeness (QED) is 0.0849. The lowest BCUT2D eigenvalue weighted by molar-refractivity contribution is 0.0734. The van der Waals surface area contributed by atoms with Gasteiger partial charge in [-0.2, -0.15) is 5.10 Å². The van der Waals surface area contributed by atoms with E-state index >= 15 is 0 Å². The molecule has 0 spiro atoms. The van der Waals surface area contributed by atoms with Crippen LogP contribution in [0, 0.1) is 0 Å².